The molecule has 3 aromatic rings. The Balaban J connectivity index is 1.42. The van der Waals surface area contributed by atoms with Gasteiger partial charge >= 0.3 is 0 Å². The van der Waals surface area contributed by atoms with Crippen LogP contribution in [0.1, 0.15) is 26.4 Å². The molecule has 1 N–H and O–H groups in total. The number of aryl methyl sites for hydroxylation is 1. The number of rotatable bonds is 3. The molecule has 30 heavy (non-hydrogen) atoms. The Kier molecular flexibility index (Phi) is 5.43. The number of aromatic amines is 1. The Morgan fingerprint density at radius 1 is 0.867 bits per heavy atom. The summed E-state index contributed by atoms with van der Waals surface area (Å²) in [7, 11) is 0. The van der Waals surface area contributed by atoms with Gasteiger partial charge in [-0.1, -0.05) is 30.3 Å². The van der Waals surface area contributed by atoms with Gasteiger partial charge in [0.1, 0.15) is 0 Å². The highest BCUT2D eigenvalue weighted by Gasteiger charge is 2.26. The smallest absolute Gasteiger partial charge is 0.255 e. The number of nitrogens with one attached hydrogen (secondary N) is 1. The zero-order valence-electron chi connectivity index (χ0n) is 16.7. The molecule has 1 fully saturated rings. The largest absolute Gasteiger partial charge is 0.335 e. The molecule has 0 aliphatic carbocycles. The first-order chi connectivity index (χ1) is 14.5. The summed E-state index contributed by atoms with van der Waals surface area (Å²) in [6.07, 6.45) is 1.42. The molecule has 0 saturated carbocycles. The number of pyridine rings is 2. The summed E-state index contributed by atoms with van der Waals surface area (Å²) in [5, 5.41) is 0. The monoisotopic (exact) mass is 402 g/mol. The number of H-pyrrole nitrogens is 1. The molecule has 0 bridgehead atoms. The molecule has 4 rings (SSSR count). The van der Waals surface area contributed by atoms with Crippen molar-refractivity contribution in [1.29, 1.82) is 0 Å². The maximum Gasteiger partial charge on any atom is 0.255 e. The number of hydrogen-bond donors (Lipinski definition) is 1. The highest BCUT2D eigenvalue weighted by molar-refractivity contribution is 5.96. The van der Waals surface area contributed by atoms with Gasteiger partial charge in [0.2, 0.25) is 5.56 Å². The third-order valence-corrected chi connectivity index (χ3v) is 5.27. The number of hydrogen-bond acceptors (Lipinski definition) is 4. The van der Waals surface area contributed by atoms with Crippen LogP contribution >= 0.6 is 0 Å². The Bertz CT molecular complexity index is 1110. The maximum atomic E-state index is 13.0. The first kappa shape index (κ1) is 19.6. The highest BCUT2D eigenvalue weighted by atomic mass is 16.2. The van der Waals surface area contributed by atoms with Crippen LogP contribution in [0.5, 0.6) is 0 Å². The molecule has 2 amide bonds. The lowest BCUT2D eigenvalue weighted by Crippen LogP contribution is -2.50. The molecular formula is C23H22N4O3. The van der Waals surface area contributed by atoms with Crippen molar-refractivity contribution >= 4 is 11.8 Å². The minimum atomic E-state index is -0.246. The van der Waals surface area contributed by atoms with Crippen molar-refractivity contribution in [3.8, 4) is 11.3 Å². The Labute approximate surface area is 174 Å². The van der Waals surface area contributed by atoms with Gasteiger partial charge in [0.25, 0.3) is 11.8 Å². The van der Waals surface area contributed by atoms with E-state index in [-0.39, 0.29) is 17.4 Å². The molecule has 1 saturated heterocycles. The van der Waals surface area contributed by atoms with Crippen LogP contribution in [0.15, 0.2) is 65.6 Å². The van der Waals surface area contributed by atoms with E-state index in [4.69, 9.17) is 0 Å². The van der Waals surface area contributed by atoms with Gasteiger partial charge < -0.3 is 14.8 Å². The highest BCUT2D eigenvalue weighted by Crippen LogP contribution is 2.20. The fraction of sp³-hybridized carbons (Fsp3) is 0.217. The molecule has 1 aromatic carbocycles. The first-order valence-corrected chi connectivity index (χ1v) is 9.83. The van der Waals surface area contributed by atoms with E-state index in [1.165, 1.54) is 18.3 Å². The molecule has 1 aliphatic heterocycles. The van der Waals surface area contributed by atoms with Gasteiger partial charge in [-0.25, -0.2) is 0 Å². The van der Waals surface area contributed by atoms with Gasteiger partial charge in [0, 0.05) is 44.0 Å². The number of carbonyl (C=O) groups excluding carboxylic acids is 2. The number of carbonyl (C=O) groups is 2. The van der Waals surface area contributed by atoms with Crippen molar-refractivity contribution in [2.24, 2.45) is 0 Å². The second kappa shape index (κ2) is 8.32. The second-order valence-electron chi connectivity index (χ2n) is 7.22. The van der Waals surface area contributed by atoms with E-state index >= 15 is 0 Å². The van der Waals surface area contributed by atoms with Gasteiger partial charge in [0.15, 0.2) is 0 Å². The fourth-order valence-corrected chi connectivity index (χ4v) is 3.57. The van der Waals surface area contributed by atoms with Gasteiger partial charge in [-0.05, 0) is 25.1 Å². The van der Waals surface area contributed by atoms with E-state index in [0.29, 0.717) is 43.0 Å². The molecule has 0 atom stereocenters. The predicted molar refractivity (Wildman–Crippen MR) is 113 cm³/mol. The second-order valence-corrected chi connectivity index (χ2v) is 7.22. The SMILES string of the molecule is Cc1nc(-c2ccccc2)ccc1C(=O)N1CCN(C(=O)c2ccc(=O)[nH]c2)CC1. The molecule has 0 unspecified atom stereocenters. The third-order valence-electron chi connectivity index (χ3n) is 5.27. The lowest BCUT2D eigenvalue weighted by molar-refractivity contribution is 0.0534. The van der Waals surface area contributed by atoms with Crippen molar-refractivity contribution in [2.75, 3.05) is 26.2 Å². The van der Waals surface area contributed by atoms with E-state index < -0.39 is 0 Å². The molecule has 1 aliphatic rings. The first-order valence-electron chi connectivity index (χ1n) is 9.83. The van der Waals surface area contributed by atoms with Crippen LogP contribution in [0.2, 0.25) is 0 Å². The van der Waals surface area contributed by atoms with Crippen LogP contribution in [-0.2, 0) is 0 Å². The van der Waals surface area contributed by atoms with E-state index in [1.54, 1.807) is 9.80 Å². The van der Waals surface area contributed by atoms with Gasteiger partial charge in [-0.3, -0.25) is 19.4 Å². The lowest BCUT2D eigenvalue weighted by atomic mass is 10.1. The van der Waals surface area contributed by atoms with Crippen LogP contribution in [0, 0.1) is 6.92 Å². The lowest BCUT2D eigenvalue weighted by Gasteiger charge is -2.35. The van der Waals surface area contributed by atoms with E-state index in [2.05, 4.69) is 9.97 Å². The Morgan fingerprint density at radius 2 is 1.53 bits per heavy atom. The van der Waals surface area contributed by atoms with E-state index in [1.807, 2.05) is 49.4 Å². The standard InChI is InChI=1S/C23H22N4O3/c1-16-19(8-9-20(25-16)17-5-3-2-4-6-17)23(30)27-13-11-26(12-14-27)22(29)18-7-10-21(28)24-15-18/h2-10,15H,11-14H2,1H3,(H,24,28). The molecule has 152 valence electrons. The molecule has 2 aromatic heterocycles. The Morgan fingerprint density at radius 3 is 2.13 bits per heavy atom. The average Bonchev–Trinajstić information content (AvgIpc) is 2.79. The topological polar surface area (TPSA) is 86.4 Å². The molecule has 3 heterocycles. The van der Waals surface area contributed by atoms with Crippen molar-refractivity contribution in [3.05, 3.63) is 88.0 Å². The average molecular weight is 402 g/mol. The summed E-state index contributed by atoms with van der Waals surface area (Å²) >= 11 is 0. The number of nitrogens with zero attached hydrogens (tertiary/aromatic N) is 3. The van der Waals surface area contributed by atoms with Crippen LogP contribution < -0.4 is 5.56 Å². The van der Waals surface area contributed by atoms with Crippen molar-refractivity contribution in [3.63, 3.8) is 0 Å². The number of amides is 2. The van der Waals surface area contributed by atoms with Gasteiger partial charge in [0.05, 0.1) is 22.5 Å². The van der Waals surface area contributed by atoms with Crippen molar-refractivity contribution in [2.45, 2.75) is 6.92 Å². The maximum absolute atomic E-state index is 13.0. The number of aromatic nitrogens is 2. The minimum Gasteiger partial charge on any atom is -0.335 e. The van der Waals surface area contributed by atoms with Gasteiger partial charge in [-0.15, -0.1) is 0 Å². The zero-order chi connectivity index (χ0) is 21.1. The molecular weight excluding hydrogens is 380 g/mol. The van der Waals surface area contributed by atoms with E-state index in [9.17, 15) is 14.4 Å². The number of benzene rings is 1. The summed E-state index contributed by atoms with van der Waals surface area (Å²) in [6.45, 7) is 3.63. The van der Waals surface area contributed by atoms with Crippen LogP contribution in [0.25, 0.3) is 11.3 Å². The summed E-state index contributed by atoms with van der Waals surface area (Å²) in [5.41, 5.74) is 3.30. The summed E-state index contributed by atoms with van der Waals surface area (Å²) in [4.78, 5) is 47.3. The van der Waals surface area contributed by atoms with Crippen molar-refractivity contribution in [1.82, 2.24) is 19.8 Å². The summed E-state index contributed by atoms with van der Waals surface area (Å²) < 4.78 is 0. The molecule has 0 spiro atoms. The van der Waals surface area contributed by atoms with E-state index in [0.717, 1.165) is 11.3 Å². The molecule has 7 nitrogen and oxygen atoms in total. The third kappa shape index (κ3) is 4.00. The predicted octanol–water partition coefficient (Wildman–Crippen LogP) is 2.34. The molecule has 0 radical (unpaired) electrons. The van der Waals surface area contributed by atoms with Crippen LogP contribution in [0.4, 0.5) is 0 Å². The zero-order valence-corrected chi connectivity index (χ0v) is 16.7. The number of piperazine rings is 1. The summed E-state index contributed by atoms with van der Waals surface area (Å²) in [6, 6.07) is 16.4. The fourth-order valence-electron chi connectivity index (χ4n) is 3.57. The van der Waals surface area contributed by atoms with Gasteiger partial charge in [-0.2, -0.15) is 0 Å². The van der Waals surface area contributed by atoms with Crippen LogP contribution in [0.3, 0.4) is 0 Å². The Hall–Kier alpha value is -3.74. The van der Waals surface area contributed by atoms with Crippen LogP contribution in [-0.4, -0.2) is 57.8 Å². The normalized spacial score (nSPS) is 13.9. The van der Waals surface area contributed by atoms with Crippen molar-refractivity contribution < 1.29 is 9.59 Å². The quantitative estimate of drug-likeness (QED) is 0.729. The summed E-state index contributed by atoms with van der Waals surface area (Å²) in [5.74, 6) is -0.223. The molecule has 7 heteroatoms. The minimum absolute atomic E-state index is 0.0734.